The van der Waals surface area contributed by atoms with Crippen molar-refractivity contribution >= 4 is 21.8 Å². The van der Waals surface area contributed by atoms with E-state index in [4.69, 9.17) is 0 Å². The molecule has 2 saturated heterocycles. The third-order valence-electron chi connectivity index (χ3n) is 7.02. The molecule has 4 rings (SSSR count). The molecule has 1 N–H and O–H groups in total. The molecule has 2 amide bonds. The highest BCUT2D eigenvalue weighted by atomic mass is 32.2. The van der Waals surface area contributed by atoms with Crippen molar-refractivity contribution < 1.29 is 13.2 Å². The van der Waals surface area contributed by atoms with Gasteiger partial charge in [0.25, 0.3) is 0 Å². The van der Waals surface area contributed by atoms with Gasteiger partial charge < -0.3 is 15.1 Å². The van der Waals surface area contributed by atoms with Gasteiger partial charge in [0, 0.05) is 50.8 Å². The zero-order valence-corrected chi connectivity index (χ0v) is 21.6. The summed E-state index contributed by atoms with van der Waals surface area (Å²) in [7, 11) is -3.33. The number of carbonyl (C=O) groups is 1. The lowest BCUT2D eigenvalue weighted by Crippen LogP contribution is -2.61. The van der Waals surface area contributed by atoms with Gasteiger partial charge in [0.2, 0.25) is 5.95 Å². The Morgan fingerprint density at radius 2 is 1.69 bits per heavy atom. The van der Waals surface area contributed by atoms with Crippen molar-refractivity contribution in [3.8, 4) is 0 Å². The predicted molar refractivity (Wildman–Crippen MR) is 136 cm³/mol. The van der Waals surface area contributed by atoms with Crippen LogP contribution in [-0.4, -0.2) is 84.3 Å². The second kappa shape index (κ2) is 10.9. The number of nitrogens with zero attached hydrogens (tertiary/aromatic N) is 5. The summed E-state index contributed by atoms with van der Waals surface area (Å²) in [5, 5.41) is 3.25. The van der Waals surface area contributed by atoms with E-state index in [1.54, 1.807) is 6.92 Å². The first kappa shape index (κ1) is 25.4. The number of piperazine rings is 1. The summed E-state index contributed by atoms with van der Waals surface area (Å²) in [6.45, 7) is 9.70. The third kappa shape index (κ3) is 6.10. The first-order valence-corrected chi connectivity index (χ1v) is 14.1. The van der Waals surface area contributed by atoms with Gasteiger partial charge in [-0.3, -0.25) is 4.90 Å². The Bertz CT molecular complexity index is 1090. The second-order valence-corrected chi connectivity index (χ2v) is 11.9. The summed E-state index contributed by atoms with van der Waals surface area (Å²) >= 11 is 0. The lowest BCUT2D eigenvalue weighted by Gasteiger charge is -2.44. The number of anilines is 1. The first-order chi connectivity index (χ1) is 16.8. The minimum absolute atomic E-state index is 0.0123. The topological polar surface area (TPSA) is 98.7 Å². The number of aromatic nitrogens is 2. The fourth-order valence-electron chi connectivity index (χ4n) is 4.81. The molecule has 9 nitrogen and oxygen atoms in total. The molecule has 2 fully saturated rings. The van der Waals surface area contributed by atoms with Crippen molar-refractivity contribution in [1.82, 2.24) is 25.1 Å². The molecule has 2 aromatic rings. The molecule has 0 aliphatic carbocycles. The summed E-state index contributed by atoms with van der Waals surface area (Å²) in [6, 6.07) is 10.7. The van der Waals surface area contributed by atoms with Crippen LogP contribution < -0.4 is 10.2 Å². The monoisotopic (exact) mass is 500 g/mol. The molecule has 35 heavy (non-hydrogen) atoms. The molecule has 0 bridgehead atoms. The first-order valence-electron chi connectivity index (χ1n) is 12.4. The van der Waals surface area contributed by atoms with Gasteiger partial charge >= 0.3 is 6.03 Å². The number of hydrogen-bond acceptors (Lipinski definition) is 7. The van der Waals surface area contributed by atoms with Gasteiger partial charge in [0.15, 0.2) is 9.84 Å². The van der Waals surface area contributed by atoms with Gasteiger partial charge in [-0.25, -0.2) is 23.2 Å². The molecule has 2 aliphatic rings. The van der Waals surface area contributed by atoms with Gasteiger partial charge in [-0.05, 0) is 32.3 Å². The van der Waals surface area contributed by atoms with E-state index in [1.165, 1.54) is 18.0 Å². The smallest absolute Gasteiger partial charge is 0.317 e. The predicted octanol–water partition coefficient (Wildman–Crippen LogP) is 2.54. The van der Waals surface area contributed by atoms with E-state index in [-0.39, 0.29) is 34.8 Å². The number of likely N-dealkylation sites (tertiary alicyclic amines) is 1. The Morgan fingerprint density at radius 3 is 2.31 bits per heavy atom. The third-order valence-corrected chi connectivity index (χ3v) is 8.71. The SMILES string of the molecule is CCS(=O)(=O)c1cnc(N2C[C@@H](C)N(C(=O)NC3CCN(Cc4ccccc4)CC3)C[C@@H]2C)nc1. The van der Waals surface area contributed by atoms with Crippen LogP contribution in [0, 0.1) is 0 Å². The zero-order chi connectivity index (χ0) is 25.0. The molecule has 3 heterocycles. The van der Waals surface area contributed by atoms with E-state index in [9.17, 15) is 13.2 Å². The Hall–Kier alpha value is -2.72. The number of rotatable bonds is 6. The van der Waals surface area contributed by atoms with E-state index in [0.29, 0.717) is 19.0 Å². The molecule has 2 atom stereocenters. The summed E-state index contributed by atoms with van der Waals surface area (Å²) in [6.07, 6.45) is 4.65. The summed E-state index contributed by atoms with van der Waals surface area (Å²) in [5.74, 6) is 0.508. The number of nitrogens with one attached hydrogen (secondary N) is 1. The van der Waals surface area contributed by atoms with Gasteiger partial charge in [-0.1, -0.05) is 37.3 Å². The van der Waals surface area contributed by atoms with Gasteiger partial charge in [-0.15, -0.1) is 0 Å². The Morgan fingerprint density at radius 1 is 1.03 bits per heavy atom. The van der Waals surface area contributed by atoms with Crippen molar-refractivity contribution in [2.45, 2.75) is 63.2 Å². The van der Waals surface area contributed by atoms with Crippen molar-refractivity contribution in [2.75, 3.05) is 36.8 Å². The highest BCUT2D eigenvalue weighted by Gasteiger charge is 2.34. The number of benzene rings is 1. The highest BCUT2D eigenvalue weighted by molar-refractivity contribution is 7.91. The second-order valence-electron chi connectivity index (χ2n) is 9.61. The fraction of sp³-hybridized carbons (Fsp3) is 0.560. The number of piperidine rings is 1. The lowest BCUT2D eigenvalue weighted by molar-refractivity contribution is 0.145. The molecular weight excluding hydrogens is 464 g/mol. The maximum absolute atomic E-state index is 13.1. The molecule has 1 aromatic heterocycles. The molecule has 0 radical (unpaired) electrons. The standard InChI is InChI=1S/C25H36N6O3S/c1-4-35(33,34)23-14-26-24(27-15-23)30-16-20(3)31(17-19(30)2)25(32)28-22-10-12-29(13-11-22)18-21-8-6-5-7-9-21/h5-9,14-15,19-20,22H,4,10-13,16-18H2,1-3H3,(H,28,32)/t19-,20+/m0/s1. The quantitative estimate of drug-likeness (QED) is 0.651. The average Bonchev–Trinajstić information content (AvgIpc) is 2.87. The van der Waals surface area contributed by atoms with Crippen LogP contribution in [0.25, 0.3) is 0 Å². The average molecular weight is 501 g/mol. The molecule has 0 unspecified atom stereocenters. The molecule has 0 saturated carbocycles. The van der Waals surface area contributed by atoms with Crippen molar-refractivity contribution in [1.29, 1.82) is 0 Å². The van der Waals surface area contributed by atoms with Crippen molar-refractivity contribution in [3.05, 3.63) is 48.3 Å². The van der Waals surface area contributed by atoms with Crippen LogP contribution in [0.15, 0.2) is 47.6 Å². The summed E-state index contributed by atoms with van der Waals surface area (Å²) in [4.78, 5) is 28.3. The van der Waals surface area contributed by atoms with Crippen LogP contribution in [0.3, 0.4) is 0 Å². The number of hydrogen-bond donors (Lipinski definition) is 1. The van der Waals surface area contributed by atoms with Gasteiger partial charge in [-0.2, -0.15) is 0 Å². The number of urea groups is 1. The van der Waals surface area contributed by atoms with E-state index in [1.807, 2.05) is 29.7 Å². The van der Waals surface area contributed by atoms with E-state index in [0.717, 1.165) is 32.5 Å². The fourth-order valence-corrected chi connectivity index (χ4v) is 5.57. The van der Waals surface area contributed by atoms with Crippen LogP contribution in [0.1, 0.15) is 39.2 Å². The van der Waals surface area contributed by atoms with Gasteiger partial charge in [0.1, 0.15) is 4.90 Å². The van der Waals surface area contributed by atoms with Crippen LogP contribution in [0.5, 0.6) is 0 Å². The van der Waals surface area contributed by atoms with E-state index in [2.05, 4.69) is 44.5 Å². The molecule has 2 aliphatic heterocycles. The summed E-state index contributed by atoms with van der Waals surface area (Å²) in [5.41, 5.74) is 1.32. The minimum atomic E-state index is -3.33. The number of amides is 2. The van der Waals surface area contributed by atoms with Crippen molar-refractivity contribution in [3.63, 3.8) is 0 Å². The van der Waals surface area contributed by atoms with Crippen LogP contribution >= 0.6 is 0 Å². The minimum Gasteiger partial charge on any atom is -0.335 e. The van der Waals surface area contributed by atoms with Crippen LogP contribution in [-0.2, 0) is 16.4 Å². The summed E-state index contributed by atoms with van der Waals surface area (Å²) < 4.78 is 24.1. The van der Waals surface area contributed by atoms with Crippen LogP contribution in [0.4, 0.5) is 10.7 Å². The largest absolute Gasteiger partial charge is 0.335 e. The Kier molecular flexibility index (Phi) is 7.91. The molecule has 190 valence electrons. The lowest BCUT2D eigenvalue weighted by atomic mass is 10.0. The normalized spacial score (nSPS) is 22.3. The number of sulfone groups is 1. The highest BCUT2D eigenvalue weighted by Crippen LogP contribution is 2.22. The molecular formula is C25H36N6O3S. The van der Waals surface area contributed by atoms with Crippen LogP contribution in [0.2, 0.25) is 0 Å². The molecule has 0 spiro atoms. The van der Waals surface area contributed by atoms with Crippen molar-refractivity contribution in [2.24, 2.45) is 0 Å². The molecule has 10 heteroatoms. The van der Waals surface area contributed by atoms with E-state index >= 15 is 0 Å². The number of carbonyl (C=O) groups excluding carboxylic acids is 1. The van der Waals surface area contributed by atoms with Gasteiger partial charge in [0.05, 0.1) is 18.1 Å². The van der Waals surface area contributed by atoms with E-state index < -0.39 is 9.84 Å². The Balaban J connectivity index is 1.29. The Labute approximate surface area is 208 Å². The maximum Gasteiger partial charge on any atom is 0.317 e. The zero-order valence-electron chi connectivity index (χ0n) is 20.8. The maximum atomic E-state index is 13.1. The molecule has 1 aromatic carbocycles.